The van der Waals surface area contributed by atoms with Crippen molar-refractivity contribution < 1.29 is 9.47 Å². The average molecular weight is 287 g/mol. The van der Waals surface area contributed by atoms with Gasteiger partial charge < -0.3 is 19.7 Å². The quantitative estimate of drug-likeness (QED) is 0.932. The van der Waals surface area contributed by atoms with Gasteiger partial charge >= 0.3 is 0 Å². The number of likely N-dealkylation sites (N-methyl/N-ethyl adjacent to an activating group) is 1. The van der Waals surface area contributed by atoms with Crippen LogP contribution in [0, 0.1) is 0 Å². The zero-order valence-electron chi connectivity index (χ0n) is 12.7. The van der Waals surface area contributed by atoms with Crippen LogP contribution in [0.4, 0.5) is 5.82 Å². The van der Waals surface area contributed by atoms with Gasteiger partial charge in [-0.15, -0.1) is 0 Å². The van der Waals surface area contributed by atoms with Gasteiger partial charge in [0.1, 0.15) is 5.82 Å². The molecule has 5 nitrogen and oxygen atoms in total. The molecule has 21 heavy (non-hydrogen) atoms. The number of benzene rings is 1. The zero-order valence-corrected chi connectivity index (χ0v) is 12.7. The summed E-state index contributed by atoms with van der Waals surface area (Å²) in [7, 11) is 5.33. The highest BCUT2D eigenvalue weighted by Gasteiger charge is 2.23. The largest absolute Gasteiger partial charge is 0.493 e. The lowest BCUT2D eigenvalue weighted by Gasteiger charge is -2.20. The molecule has 1 fully saturated rings. The molecule has 1 unspecified atom stereocenters. The van der Waals surface area contributed by atoms with Gasteiger partial charge in [-0.3, -0.25) is 0 Å². The molecule has 1 N–H and O–H groups in total. The molecule has 2 aromatic rings. The fourth-order valence-electron chi connectivity index (χ4n) is 2.92. The van der Waals surface area contributed by atoms with Crippen molar-refractivity contribution in [2.24, 2.45) is 0 Å². The van der Waals surface area contributed by atoms with Crippen LogP contribution in [-0.4, -0.2) is 45.4 Å². The highest BCUT2D eigenvalue weighted by molar-refractivity contribution is 5.94. The molecule has 1 aromatic carbocycles. The number of nitrogens with zero attached hydrogens (tertiary/aromatic N) is 2. The van der Waals surface area contributed by atoms with E-state index in [1.54, 1.807) is 14.2 Å². The first-order valence-corrected chi connectivity index (χ1v) is 7.19. The van der Waals surface area contributed by atoms with Crippen LogP contribution in [0.3, 0.4) is 0 Å². The Bertz CT molecular complexity index is 645. The third-order valence-electron chi connectivity index (χ3n) is 4.14. The van der Waals surface area contributed by atoms with E-state index in [4.69, 9.17) is 9.47 Å². The van der Waals surface area contributed by atoms with Crippen LogP contribution in [0.25, 0.3) is 10.8 Å². The lowest BCUT2D eigenvalue weighted by molar-refractivity contribution is 0.356. The Balaban J connectivity index is 2.07. The summed E-state index contributed by atoms with van der Waals surface area (Å²) in [6, 6.07) is 6.56. The Morgan fingerprint density at radius 2 is 2.00 bits per heavy atom. The van der Waals surface area contributed by atoms with Crippen molar-refractivity contribution in [3.05, 3.63) is 24.4 Å². The van der Waals surface area contributed by atoms with E-state index in [9.17, 15) is 0 Å². The summed E-state index contributed by atoms with van der Waals surface area (Å²) in [5.41, 5.74) is 0. The van der Waals surface area contributed by atoms with E-state index >= 15 is 0 Å². The van der Waals surface area contributed by atoms with E-state index in [1.807, 2.05) is 31.4 Å². The molecular formula is C16H21N3O2. The van der Waals surface area contributed by atoms with E-state index in [0.29, 0.717) is 6.04 Å². The molecule has 1 aliphatic heterocycles. The molecule has 1 aliphatic rings. The minimum absolute atomic E-state index is 0.530. The molecule has 0 aliphatic carbocycles. The standard InChI is InChI=1S/C16H21N3O2/c1-17-12-5-7-19(10-12)16-13-9-15(21-3)14(20-2)8-11(13)4-6-18-16/h4,6,8-9,12,17H,5,7,10H2,1-3H3. The lowest BCUT2D eigenvalue weighted by atomic mass is 10.1. The van der Waals surface area contributed by atoms with Crippen LogP contribution in [0.15, 0.2) is 24.4 Å². The fraction of sp³-hybridized carbons (Fsp3) is 0.438. The van der Waals surface area contributed by atoms with E-state index in [-0.39, 0.29) is 0 Å². The third kappa shape index (κ3) is 2.49. The number of anilines is 1. The lowest BCUT2D eigenvalue weighted by Crippen LogP contribution is -2.29. The van der Waals surface area contributed by atoms with Crippen LogP contribution in [-0.2, 0) is 0 Å². The van der Waals surface area contributed by atoms with Crippen molar-refractivity contribution in [1.82, 2.24) is 10.3 Å². The van der Waals surface area contributed by atoms with E-state index in [2.05, 4.69) is 15.2 Å². The molecule has 0 spiro atoms. The molecule has 1 saturated heterocycles. The van der Waals surface area contributed by atoms with Crippen molar-refractivity contribution in [3.8, 4) is 11.5 Å². The van der Waals surface area contributed by atoms with Gasteiger partial charge in [0.05, 0.1) is 14.2 Å². The number of ether oxygens (including phenoxy) is 2. The maximum absolute atomic E-state index is 5.42. The molecule has 112 valence electrons. The number of aromatic nitrogens is 1. The SMILES string of the molecule is CNC1CCN(c2nccc3cc(OC)c(OC)cc23)C1. The van der Waals surface area contributed by atoms with Crippen LogP contribution in [0.2, 0.25) is 0 Å². The molecule has 5 heteroatoms. The Labute approximate surface area is 124 Å². The van der Waals surface area contributed by atoms with E-state index < -0.39 is 0 Å². The van der Waals surface area contributed by atoms with Gasteiger partial charge in [0, 0.05) is 30.7 Å². The average Bonchev–Trinajstić information content (AvgIpc) is 3.01. The van der Waals surface area contributed by atoms with Gasteiger partial charge in [-0.25, -0.2) is 4.98 Å². The second-order valence-corrected chi connectivity index (χ2v) is 5.28. The predicted octanol–water partition coefficient (Wildman–Crippen LogP) is 2.05. The molecule has 0 saturated carbocycles. The molecule has 0 bridgehead atoms. The third-order valence-corrected chi connectivity index (χ3v) is 4.14. The van der Waals surface area contributed by atoms with Crippen molar-refractivity contribution in [1.29, 1.82) is 0 Å². The second-order valence-electron chi connectivity index (χ2n) is 5.28. The first kappa shape index (κ1) is 13.9. The molecule has 0 radical (unpaired) electrons. The summed E-state index contributed by atoms with van der Waals surface area (Å²) in [5.74, 6) is 2.51. The van der Waals surface area contributed by atoms with Crippen LogP contribution in [0.5, 0.6) is 11.5 Å². The number of hydrogen-bond acceptors (Lipinski definition) is 5. The normalized spacial score (nSPS) is 18.2. The van der Waals surface area contributed by atoms with Crippen molar-refractivity contribution >= 4 is 16.6 Å². The highest BCUT2D eigenvalue weighted by Crippen LogP contribution is 2.36. The van der Waals surface area contributed by atoms with Gasteiger partial charge in [-0.2, -0.15) is 0 Å². The van der Waals surface area contributed by atoms with Crippen LogP contribution in [0.1, 0.15) is 6.42 Å². The Kier molecular flexibility index (Phi) is 3.84. The van der Waals surface area contributed by atoms with E-state index in [0.717, 1.165) is 47.6 Å². The van der Waals surface area contributed by atoms with Crippen LogP contribution < -0.4 is 19.7 Å². The maximum atomic E-state index is 5.42. The van der Waals surface area contributed by atoms with Crippen molar-refractivity contribution in [3.63, 3.8) is 0 Å². The van der Waals surface area contributed by atoms with Crippen LogP contribution >= 0.6 is 0 Å². The van der Waals surface area contributed by atoms with Gasteiger partial charge in [-0.05, 0) is 37.1 Å². The molecule has 1 atom stereocenters. The van der Waals surface area contributed by atoms with Gasteiger partial charge in [0.25, 0.3) is 0 Å². The Morgan fingerprint density at radius 1 is 1.24 bits per heavy atom. The number of methoxy groups -OCH3 is 2. The smallest absolute Gasteiger partial charge is 0.161 e. The minimum atomic E-state index is 0.530. The van der Waals surface area contributed by atoms with Gasteiger partial charge in [-0.1, -0.05) is 0 Å². The Morgan fingerprint density at radius 3 is 2.67 bits per heavy atom. The Hall–Kier alpha value is -2.01. The number of hydrogen-bond donors (Lipinski definition) is 1. The molecule has 0 amide bonds. The summed E-state index contributed by atoms with van der Waals surface area (Å²) < 4.78 is 10.8. The summed E-state index contributed by atoms with van der Waals surface area (Å²) in [4.78, 5) is 6.92. The topological polar surface area (TPSA) is 46.6 Å². The number of fused-ring (bicyclic) bond motifs is 1. The monoisotopic (exact) mass is 287 g/mol. The summed E-state index contributed by atoms with van der Waals surface area (Å²) in [6.45, 7) is 2.00. The molecule has 2 heterocycles. The molecule has 3 rings (SSSR count). The highest BCUT2D eigenvalue weighted by atomic mass is 16.5. The first-order chi connectivity index (χ1) is 10.3. The first-order valence-electron chi connectivity index (χ1n) is 7.19. The number of pyridine rings is 1. The maximum Gasteiger partial charge on any atom is 0.161 e. The predicted molar refractivity (Wildman–Crippen MR) is 84.5 cm³/mol. The zero-order chi connectivity index (χ0) is 14.8. The summed E-state index contributed by atoms with van der Waals surface area (Å²) >= 11 is 0. The number of rotatable bonds is 4. The fourth-order valence-corrected chi connectivity index (χ4v) is 2.92. The second kappa shape index (κ2) is 5.77. The van der Waals surface area contributed by atoms with E-state index in [1.165, 1.54) is 0 Å². The van der Waals surface area contributed by atoms with Gasteiger partial charge in [0.2, 0.25) is 0 Å². The minimum Gasteiger partial charge on any atom is -0.493 e. The molecule has 1 aromatic heterocycles. The van der Waals surface area contributed by atoms with Gasteiger partial charge in [0.15, 0.2) is 11.5 Å². The molecular weight excluding hydrogens is 266 g/mol. The van der Waals surface area contributed by atoms with Crippen molar-refractivity contribution in [2.75, 3.05) is 39.3 Å². The number of nitrogens with one attached hydrogen (secondary N) is 1. The summed E-state index contributed by atoms with van der Waals surface area (Å²) in [6.07, 6.45) is 3.00. The summed E-state index contributed by atoms with van der Waals surface area (Å²) in [5, 5.41) is 5.56. The van der Waals surface area contributed by atoms with Crippen molar-refractivity contribution in [2.45, 2.75) is 12.5 Å².